The monoisotopic (exact) mass is 424 g/mol. The van der Waals surface area contributed by atoms with Gasteiger partial charge in [-0.05, 0) is 71.7 Å². The minimum atomic E-state index is -0.506. The van der Waals surface area contributed by atoms with Gasteiger partial charge >= 0.3 is 6.09 Å². The average Bonchev–Trinajstić information content (AvgIpc) is 2.68. The van der Waals surface area contributed by atoms with E-state index in [0.717, 1.165) is 36.5 Å². The van der Waals surface area contributed by atoms with Gasteiger partial charge in [0, 0.05) is 30.5 Å². The lowest BCUT2D eigenvalue weighted by atomic mass is 9.98. The Kier molecular flexibility index (Phi) is 6.83. The van der Waals surface area contributed by atoms with Crippen LogP contribution in [-0.2, 0) is 4.74 Å². The van der Waals surface area contributed by atoms with Crippen LogP contribution in [0.2, 0.25) is 0 Å². The van der Waals surface area contributed by atoms with E-state index < -0.39 is 5.60 Å². The van der Waals surface area contributed by atoms with Crippen LogP contribution in [0, 0.1) is 6.92 Å². The van der Waals surface area contributed by atoms with Crippen molar-refractivity contribution in [3.8, 4) is 0 Å². The summed E-state index contributed by atoms with van der Waals surface area (Å²) < 4.78 is 5.36. The smallest absolute Gasteiger partial charge is 0.407 e. The summed E-state index contributed by atoms with van der Waals surface area (Å²) in [5.74, 6) is 0.645. The van der Waals surface area contributed by atoms with Crippen molar-refractivity contribution in [2.24, 2.45) is 0 Å². The highest BCUT2D eigenvalue weighted by Crippen LogP contribution is 2.24. The van der Waals surface area contributed by atoms with Gasteiger partial charge in [-0.25, -0.2) is 9.78 Å². The molecule has 1 fully saturated rings. The lowest BCUT2D eigenvalue weighted by Gasteiger charge is -2.38. The molecule has 1 aromatic heterocycles. The number of pyridine rings is 1. The molecular formula is C24H32N4O3. The van der Waals surface area contributed by atoms with E-state index in [0.29, 0.717) is 5.56 Å². The maximum Gasteiger partial charge on any atom is 0.407 e. The number of carbonyl (C=O) groups excluding carboxylic acids is 2. The molecule has 2 unspecified atom stereocenters. The second-order valence-corrected chi connectivity index (χ2v) is 9.14. The first kappa shape index (κ1) is 22.6. The van der Waals surface area contributed by atoms with Gasteiger partial charge < -0.3 is 20.3 Å². The van der Waals surface area contributed by atoms with Crippen LogP contribution >= 0.6 is 0 Å². The molecule has 1 saturated heterocycles. The molecule has 1 aromatic carbocycles. The maximum absolute atomic E-state index is 12.5. The number of rotatable bonds is 4. The number of hydrogen-bond acceptors (Lipinski definition) is 5. The van der Waals surface area contributed by atoms with Crippen molar-refractivity contribution >= 4 is 23.5 Å². The number of aryl methyl sites for hydroxylation is 1. The van der Waals surface area contributed by atoms with Crippen molar-refractivity contribution < 1.29 is 14.3 Å². The molecule has 2 aromatic rings. The third-order valence-electron chi connectivity index (χ3n) is 5.21. The lowest BCUT2D eigenvalue weighted by molar-refractivity contribution is 0.0493. The van der Waals surface area contributed by atoms with Gasteiger partial charge in [0.1, 0.15) is 11.4 Å². The van der Waals surface area contributed by atoms with E-state index in [1.165, 1.54) is 0 Å². The van der Waals surface area contributed by atoms with Gasteiger partial charge in [0.15, 0.2) is 0 Å². The predicted octanol–water partition coefficient (Wildman–Crippen LogP) is 4.52. The molecule has 1 aliphatic heterocycles. The van der Waals surface area contributed by atoms with Gasteiger partial charge in [-0.1, -0.05) is 17.7 Å². The Hall–Kier alpha value is -3.09. The molecule has 2 heterocycles. The fourth-order valence-corrected chi connectivity index (χ4v) is 3.65. The van der Waals surface area contributed by atoms with Gasteiger partial charge in [0.25, 0.3) is 5.91 Å². The third kappa shape index (κ3) is 6.44. The highest BCUT2D eigenvalue weighted by molar-refractivity contribution is 6.04. The lowest BCUT2D eigenvalue weighted by Crippen LogP contribution is -2.50. The van der Waals surface area contributed by atoms with Crippen molar-refractivity contribution in [3.05, 3.63) is 53.7 Å². The quantitative estimate of drug-likeness (QED) is 0.754. The van der Waals surface area contributed by atoms with E-state index >= 15 is 0 Å². The van der Waals surface area contributed by atoms with Gasteiger partial charge in [0.2, 0.25) is 0 Å². The van der Waals surface area contributed by atoms with Crippen molar-refractivity contribution in [3.63, 3.8) is 0 Å². The van der Waals surface area contributed by atoms with Crippen LogP contribution in [0.15, 0.2) is 42.6 Å². The number of aromatic nitrogens is 1. The Morgan fingerprint density at radius 2 is 1.84 bits per heavy atom. The molecule has 2 N–H and O–H groups in total. The Morgan fingerprint density at radius 3 is 2.42 bits per heavy atom. The van der Waals surface area contributed by atoms with Gasteiger partial charge in [-0.2, -0.15) is 0 Å². The zero-order valence-electron chi connectivity index (χ0n) is 18.9. The molecule has 3 rings (SSSR count). The summed E-state index contributed by atoms with van der Waals surface area (Å²) in [6.45, 7) is 10.5. The van der Waals surface area contributed by atoms with Crippen molar-refractivity contribution in [1.82, 2.24) is 10.3 Å². The van der Waals surface area contributed by atoms with Crippen LogP contribution in [0.25, 0.3) is 0 Å². The minimum absolute atomic E-state index is 0.0701. The van der Waals surface area contributed by atoms with Crippen LogP contribution in [0.3, 0.4) is 0 Å². The van der Waals surface area contributed by atoms with Gasteiger partial charge in [-0.15, -0.1) is 0 Å². The maximum atomic E-state index is 12.5. The van der Waals surface area contributed by atoms with E-state index in [9.17, 15) is 9.59 Å². The summed E-state index contributed by atoms with van der Waals surface area (Å²) in [5, 5.41) is 5.86. The molecule has 0 radical (unpaired) electrons. The zero-order chi connectivity index (χ0) is 22.6. The molecule has 7 heteroatoms. The average molecular weight is 425 g/mol. The van der Waals surface area contributed by atoms with E-state index in [-0.39, 0.29) is 24.1 Å². The summed E-state index contributed by atoms with van der Waals surface area (Å²) in [4.78, 5) is 31.2. The summed E-state index contributed by atoms with van der Waals surface area (Å²) in [6, 6.07) is 11.6. The van der Waals surface area contributed by atoms with Crippen molar-refractivity contribution in [1.29, 1.82) is 0 Å². The number of alkyl carbamates (subject to hydrolysis) is 1. The number of benzene rings is 1. The normalized spacial score (nSPS) is 18.9. The van der Waals surface area contributed by atoms with Gasteiger partial charge in [0.05, 0.1) is 5.56 Å². The number of piperidine rings is 1. The number of carbonyl (C=O) groups is 2. The molecule has 0 spiro atoms. The number of hydrogen-bond donors (Lipinski definition) is 2. The molecule has 1 aliphatic rings. The molecule has 0 aliphatic carbocycles. The molecule has 7 nitrogen and oxygen atoms in total. The van der Waals surface area contributed by atoms with E-state index in [1.807, 2.05) is 58.0 Å². The Balaban J connectivity index is 1.55. The topological polar surface area (TPSA) is 83.6 Å². The fraction of sp³-hybridized carbons (Fsp3) is 0.458. The fourth-order valence-electron chi connectivity index (χ4n) is 3.65. The molecule has 31 heavy (non-hydrogen) atoms. The number of ether oxygens (including phenoxy) is 1. The summed E-state index contributed by atoms with van der Waals surface area (Å²) in [6.07, 6.45) is 2.84. The number of nitrogens with one attached hydrogen (secondary N) is 2. The van der Waals surface area contributed by atoms with Crippen LogP contribution in [0.4, 0.5) is 16.3 Å². The zero-order valence-corrected chi connectivity index (χ0v) is 18.9. The Morgan fingerprint density at radius 1 is 1.13 bits per heavy atom. The molecule has 166 valence electrons. The second kappa shape index (κ2) is 9.37. The number of amides is 2. The van der Waals surface area contributed by atoms with E-state index in [2.05, 4.69) is 27.4 Å². The molecule has 0 bridgehead atoms. The van der Waals surface area contributed by atoms with Crippen LogP contribution in [0.1, 0.15) is 56.5 Å². The molecule has 2 amide bonds. The van der Waals surface area contributed by atoms with Crippen LogP contribution in [0.5, 0.6) is 0 Å². The second-order valence-electron chi connectivity index (χ2n) is 9.14. The summed E-state index contributed by atoms with van der Waals surface area (Å²) in [7, 11) is 0. The Labute approximate surface area is 184 Å². The Bertz CT molecular complexity index is 904. The molecular weight excluding hydrogens is 392 g/mol. The first-order valence-electron chi connectivity index (χ1n) is 10.7. The van der Waals surface area contributed by atoms with Gasteiger partial charge in [-0.3, -0.25) is 4.79 Å². The standard InChI is InChI=1S/C24H32N4O3/c1-16-6-9-19(10-7-16)26-22(29)18-8-11-21(25-15-18)28-13-12-20(14-17(28)2)27-23(30)31-24(3,4)5/h6-11,15,17,20H,12-14H2,1-5H3,(H,26,29)(H,27,30). The van der Waals surface area contributed by atoms with E-state index in [4.69, 9.17) is 4.74 Å². The first-order chi connectivity index (χ1) is 14.6. The molecule has 2 atom stereocenters. The highest BCUT2D eigenvalue weighted by Gasteiger charge is 2.28. The largest absolute Gasteiger partial charge is 0.444 e. The van der Waals surface area contributed by atoms with Crippen molar-refractivity contribution in [2.45, 2.75) is 65.1 Å². The highest BCUT2D eigenvalue weighted by atomic mass is 16.6. The third-order valence-corrected chi connectivity index (χ3v) is 5.21. The number of anilines is 2. The first-order valence-corrected chi connectivity index (χ1v) is 10.7. The van der Waals surface area contributed by atoms with Crippen molar-refractivity contribution in [2.75, 3.05) is 16.8 Å². The number of nitrogens with zero attached hydrogens (tertiary/aromatic N) is 2. The van der Waals surface area contributed by atoms with Crippen LogP contribution in [-0.4, -0.2) is 41.2 Å². The SMILES string of the molecule is Cc1ccc(NC(=O)c2ccc(N3CCC(NC(=O)OC(C)(C)C)CC3C)nc2)cc1. The minimum Gasteiger partial charge on any atom is -0.444 e. The summed E-state index contributed by atoms with van der Waals surface area (Å²) in [5.41, 5.74) is 1.91. The summed E-state index contributed by atoms with van der Waals surface area (Å²) >= 11 is 0. The van der Waals surface area contributed by atoms with Crippen LogP contribution < -0.4 is 15.5 Å². The molecule has 0 saturated carbocycles. The predicted molar refractivity (Wildman–Crippen MR) is 123 cm³/mol. The van der Waals surface area contributed by atoms with E-state index in [1.54, 1.807) is 12.3 Å².